The van der Waals surface area contributed by atoms with E-state index < -0.39 is 0 Å². The average Bonchev–Trinajstić information content (AvgIpc) is 2.94. The van der Waals surface area contributed by atoms with Gasteiger partial charge < -0.3 is 19.6 Å². The molecule has 0 spiro atoms. The van der Waals surface area contributed by atoms with E-state index in [-0.39, 0.29) is 24.0 Å². The standard InChI is InChI=1S/C18H24ClN5O.HI/c1-13-17(14(2)25-22-13)12-21-18(20-3)24-9-7-23(8-10-24)16-6-4-5-15(19)11-16;/h4-6,11H,7-10,12H2,1-3H3,(H,20,21);1H. The quantitative estimate of drug-likeness (QED) is 0.407. The minimum atomic E-state index is 0. The number of aromatic nitrogens is 1. The van der Waals surface area contributed by atoms with Crippen molar-refractivity contribution in [3.8, 4) is 0 Å². The average molecular weight is 490 g/mol. The van der Waals surface area contributed by atoms with Crippen molar-refractivity contribution in [2.75, 3.05) is 38.1 Å². The molecule has 1 aliphatic rings. The lowest BCUT2D eigenvalue weighted by Crippen LogP contribution is -2.52. The fraction of sp³-hybridized carbons (Fsp3) is 0.444. The van der Waals surface area contributed by atoms with E-state index in [9.17, 15) is 0 Å². The summed E-state index contributed by atoms with van der Waals surface area (Å²) in [4.78, 5) is 9.05. The van der Waals surface area contributed by atoms with Crippen molar-refractivity contribution in [1.29, 1.82) is 0 Å². The number of piperazine rings is 1. The van der Waals surface area contributed by atoms with Gasteiger partial charge in [-0.2, -0.15) is 0 Å². The second-order valence-electron chi connectivity index (χ2n) is 6.16. The Morgan fingerprint density at radius 2 is 2.00 bits per heavy atom. The van der Waals surface area contributed by atoms with Gasteiger partial charge in [-0.15, -0.1) is 24.0 Å². The van der Waals surface area contributed by atoms with E-state index in [2.05, 4.69) is 31.3 Å². The number of rotatable bonds is 3. The highest BCUT2D eigenvalue weighted by Gasteiger charge is 2.20. The molecule has 2 aromatic rings. The van der Waals surface area contributed by atoms with Crippen LogP contribution in [0.2, 0.25) is 5.02 Å². The van der Waals surface area contributed by atoms with Crippen molar-refractivity contribution >= 4 is 47.2 Å². The molecule has 1 aromatic carbocycles. The van der Waals surface area contributed by atoms with E-state index in [4.69, 9.17) is 16.1 Å². The monoisotopic (exact) mass is 489 g/mol. The number of hydrogen-bond acceptors (Lipinski definition) is 4. The van der Waals surface area contributed by atoms with Crippen LogP contribution in [0.15, 0.2) is 33.8 Å². The third-order valence-corrected chi connectivity index (χ3v) is 4.80. The molecule has 0 unspecified atom stereocenters. The van der Waals surface area contributed by atoms with Crippen molar-refractivity contribution in [1.82, 2.24) is 15.4 Å². The number of aryl methyl sites for hydroxylation is 2. The summed E-state index contributed by atoms with van der Waals surface area (Å²) in [6.45, 7) is 8.26. The highest BCUT2D eigenvalue weighted by atomic mass is 127. The Balaban J connectivity index is 0.00000243. The van der Waals surface area contributed by atoms with Gasteiger partial charge in [-0.05, 0) is 32.0 Å². The number of nitrogens with one attached hydrogen (secondary N) is 1. The Morgan fingerprint density at radius 1 is 1.27 bits per heavy atom. The summed E-state index contributed by atoms with van der Waals surface area (Å²) < 4.78 is 5.22. The first-order chi connectivity index (χ1) is 12.1. The molecule has 8 heteroatoms. The summed E-state index contributed by atoms with van der Waals surface area (Å²) in [7, 11) is 1.82. The van der Waals surface area contributed by atoms with E-state index in [0.29, 0.717) is 6.54 Å². The lowest BCUT2D eigenvalue weighted by molar-refractivity contribution is 0.372. The predicted octanol–water partition coefficient (Wildman–Crippen LogP) is 3.46. The van der Waals surface area contributed by atoms with Crippen LogP contribution in [0.25, 0.3) is 0 Å². The Hall–Kier alpha value is -1.48. The highest BCUT2D eigenvalue weighted by Crippen LogP contribution is 2.21. The van der Waals surface area contributed by atoms with E-state index in [1.54, 1.807) is 0 Å². The predicted molar refractivity (Wildman–Crippen MR) is 117 cm³/mol. The zero-order chi connectivity index (χ0) is 17.8. The van der Waals surface area contributed by atoms with Gasteiger partial charge in [0.05, 0.1) is 5.69 Å². The zero-order valence-corrected chi connectivity index (χ0v) is 18.4. The molecular weight excluding hydrogens is 465 g/mol. The van der Waals surface area contributed by atoms with Gasteiger partial charge in [-0.3, -0.25) is 4.99 Å². The number of halogens is 2. The van der Waals surface area contributed by atoms with Crippen molar-refractivity contribution < 1.29 is 4.52 Å². The third kappa shape index (κ3) is 4.82. The van der Waals surface area contributed by atoms with Crippen LogP contribution in [0.5, 0.6) is 0 Å². The molecule has 26 heavy (non-hydrogen) atoms. The summed E-state index contributed by atoms with van der Waals surface area (Å²) in [6, 6.07) is 8.02. The third-order valence-electron chi connectivity index (χ3n) is 4.57. The molecule has 0 atom stereocenters. The molecule has 0 radical (unpaired) electrons. The molecule has 0 saturated carbocycles. The fourth-order valence-electron chi connectivity index (χ4n) is 3.10. The first-order valence-electron chi connectivity index (χ1n) is 8.46. The number of benzene rings is 1. The number of aliphatic imine (C=N–C) groups is 1. The fourth-order valence-corrected chi connectivity index (χ4v) is 3.29. The van der Waals surface area contributed by atoms with E-state index >= 15 is 0 Å². The number of anilines is 1. The Morgan fingerprint density at radius 3 is 2.58 bits per heavy atom. The molecule has 1 aliphatic heterocycles. The minimum absolute atomic E-state index is 0. The van der Waals surface area contributed by atoms with Crippen molar-refractivity contribution in [3.63, 3.8) is 0 Å². The molecular formula is C18H25ClIN5O. The number of guanidine groups is 1. The zero-order valence-electron chi connectivity index (χ0n) is 15.3. The van der Waals surface area contributed by atoms with Gasteiger partial charge in [0, 0.05) is 56.0 Å². The maximum atomic E-state index is 6.10. The van der Waals surface area contributed by atoms with Gasteiger partial charge in [0.2, 0.25) is 0 Å². The largest absolute Gasteiger partial charge is 0.368 e. The van der Waals surface area contributed by atoms with Gasteiger partial charge in [-0.25, -0.2) is 0 Å². The Bertz CT molecular complexity index is 736. The molecule has 0 bridgehead atoms. The van der Waals surface area contributed by atoms with E-state index in [1.165, 1.54) is 5.69 Å². The second-order valence-corrected chi connectivity index (χ2v) is 6.59. The van der Waals surface area contributed by atoms with Crippen LogP contribution in [0, 0.1) is 13.8 Å². The summed E-state index contributed by atoms with van der Waals surface area (Å²) >= 11 is 6.10. The summed E-state index contributed by atoms with van der Waals surface area (Å²) in [5.41, 5.74) is 3.19. The first kappa shape index (κ1) is 20.8. The van der Waals surface area contributed by atoms with Crippen LogP contribution >= 0.6 is 35.6 Å². The molecule has 2 heterocycles. The van der Waals surface area contributed by atoms with E-state index in [0.717, 1.165) is 54.2 Å². The molecule has 1 fully saturated rings. The smallest absolute Gasteiger partial charge is 0.194 e. The van der Waals surface area contributed by atoms with Gasteiger partial charge in [0.15, 0.2) is 5.96 Å². The lowest BCUT2D eigenvalue weighted by Gasteiger charge is -2.37. The van der Waals surface area contributed by atoms with E-state index in [1.807, 2.05) is 39.1 Å². The second kappa shape index (κ2) is 9.45. The number of nitrogens with zero attached hydrogens (tertiary/aromatic N) is 4. The molecule has 1 N–H and O–H groups in total. The molecule has 6 nitrogen and oxygen atoms in total. The van der Waals surface area contributed by atoms with Crippen LogP contribution < -0.4 is 10.2 Å². The minimum Gasteiger partial charge on any atom is -0.368 e. The van der Waals surface area contributed by atoms with Gasteiger partial charge in [0.1, 0.15) is 5.76 Å². The normalized spacial score (nSPS) is 15.0. The highest BCUT2D eigenvalue weighted by molar-refractivity contribution is 14.0. The summed E-state index contributed by atoms with van der Waals surface area (Å²) in [5, 5.41) is 8.20. The molecule has 1 saturated heterocycles. The van der Waals surface area contributed by atoms with Crippen molar-refractivity contribution in [2.45, 2.75) is 20.4 Å². The van der Waals surface area contributed by atoms with Gasteiger partial charge in [-0.1, -0.05) is 22.8 Å². The molecule has 1 aromatic heterocycles. The van der Waals surface area contributed by atoms with Crippen LogP contribution in [0.1, 0.15) is 17.0 Å². The SMILES string of the molecule is CN=C(NCc1c(C)noc1C)N1CCN(c2cccc(Cl)c2)CC1.I. The lowest BCUT2D eigenvalue weighted by atomic mass is 10.2. The van der Waals surface area contributed by atoms with Crippen LogP contribution in [-0.4, -0.2) is 49.2 Å². The maximum absolute atomic E-state index is 6.10. The van der Waals surface area contributed by atoms with Gasteiger partial charge >= 0.3 is 0 Å². The Kier molecular flexibility index (Phi) is 7.57. The molecule has 3 rings (SSSR count). The van der Waals surface area contributed by atoms with Crippen LogP contribution in [-0.2, 0) is 6.54 Å². The molecule has 0 amide bonds. The summed E-state index contributed by atoms with van der Waals surface area (Å²) in [6.07, 6.45) is 0. The Labute approximate surface area is 176 Å². The van der Waals surface area contributed by atoms with Gasteiger partial charge in [0.25, 0.3) is 0 Å². The number of hydrogen-bond donors (Lipinski definition) is 1. The van der Waals surface area contributed by atoms with Crippen molar-refractivity contribution in [2.24, 2.45) is 4.99 Å². The summed E-state index contributed by atoms with van der Waals surface area (Å²) in [5.74, 6) is 1.76. The maximum Gasteiger partial charge on any atom is 0.194 e. The van der Waals surface area contributed by atoms with Crippen LogP contribution in [0.3, 0.4) is 0 Å². The molecule has 0 aliphatic carbocycles. The van der Waals surface area contributed by atoms with Crippen LogP contribution in [0.4, 0.5) is 5.69 Å². The van der Waals surface area contributed by atoms with Crippen molar-refractivity contribution in [3.05, 3.63) is 46.3 Å². The first-order valence-corrected chi connectivity index (χ1v) is 8.84. The topological polar surface area (TPSA) is 56.9 Å². The molecule has 142 valence electrons.